The summed E-state index contributed by atoms with van der Waals surface area (Å²) in [6, 6.07) is 8.28. The Hall–Kier alpha value is -1.39. The third kappa shape index (κ3) is 3.28. The number of methoxy groups -OCH3 is 1. The molecule has 17 heavy (non-hydrogen) atoms. The number of ether oxygens (including phenoxy) is 1. The van der Waals surface area contributed by atoms with Gasteiger partial charge in [-0.2, -0.15) is 0 Å². The van der Waals surface area contributed by atoms with Gasteiger partial charge in [0.2, 0.25) is 0 Å². The summed E-state index contributed by atoms with van der Waals surface area (Å²) < 4.78 is 5.12. The van der Waals surface area contributed by atoms with Crippen molar-refractivity contribution in [2.45, 2.75) is 20.1 Å². The first-order chi connectivity index (χ1) is 8.29. The summed E-state index contributed by atoms with van der Waals surface area (Å²) in [7, 11) is 1.71. The topological polar surface area (TPSA) is 34.1 Å². The lowest BCUT2D eigenvalue weighted by Gasteiger charge is -2.07. The third-order valence-electron chi connectivity index (χ3n) is 2.54. The summed E-state index contributed by atoms with van der Waals surface area (Å²) >= 11 is 1.68. The van der Waals surface area contributed by atoms with Crippen LogP contribution in [0.1, 0.15) is 16.1 Å². The Morgan fingerprint density at radius 2 is 2.29 bits per heavy atom. The summed E-state index contributed by atoms with van der Waals surface area (Å²) in [5.74, 6) is 0. The summed E-state index contributed by atoms with van der Waals surface area (Å²) in [6.45, 7) is 3.51. The van der Waals surface area contributed by atoms with Gasteiger partial charge in [0.1, 0.15) is 0 Å². The first-order valence-electron chi connectivity index (χ1n) is 5.50. The molecule has 90 valence electrons. The van der Waals surface area contributed by atoms with Gasteiger partial charge in [-0.05, 0) is 24.6 Å². The van der Waals surface area contributed by atoms with Gasteiger partial charge in [0, 0.05) is 17.7 Å². The summed E-state index contributed by atoms with van der Waals surface area (Å²) in [4.78, 5) is 5.51. The number of anilines is 1. The van der Waals surface area contributed by atoms with E-state index in [0.29, 0.717) is 6.61 Å². The van der Waals surface area contributed by atoms with Crippen LogP contribution in [0.2, 0.25) is 0 Å². The van der Waals surface area contributed by atoms with Crippen LogP contribution in [0.25, 0.3) is 0 Å². The summed E-state index contributed by atoms with van der Waals surface area (Å²) in [5, 5.41) is 3.40. The van der Waals surface area contributed by atoms with E-state index < -0.39 is 0 Å². The smallest absolute Gasteiger partial charge is 0.0798 e. The van der Waals surface area contributed by atoms with Gasteiger partial charge in [0.15, 0.2) is 0 Å². The van der Waals surface area contributed by atoms with Crippen LogP contribution in [0.15, 0.2) is 29.8 Å². The molecule has 3 nitrogen and oxygen atoms in total. The number of aryl methyl sites for hydroxylation is 1. The highest BCUT2D eigenvalue weighted by Gasteiger charge is 2.01. The molecule has 2 rings (SSSR count). The van der Waals surface area contributed by atoms with Crippen LogP contribution >= 0.6 is 11.3 Å². The van der Waals surface area contributed by atoms with Gasteiger partial charge in [-0.15, -0.1) is 11.3 Å². The second-order valence-corrected chi connectivity index (χ2v) is 4.79. The lowest BCUT2D eigenvalue weighted by molar-refractivity contribution is 0.185. The van der Waals surface area contributed by atoms with Crippen LogP contribution in [0, 0.1) is 6.92 Å². The molecule has 0 radical (unpaired) electrons. The average molecular weight is 248 g/mol. The Kier molecular flexibility index (Phi) is 4.12. The number of hydrogen-bond donors (Lipinski definition) is 1. The number of hydrogen-bond acceptors (Lipinski definition) is 4. The molecule has 0 amide bonds. The van der Waals surface area contributed by atoms with Crippen molar-refractivity contribution in [1.82, 2.24) is 4.98 Å². The fourth-order valence-corrected chi connectivity index (χ4v) is 2.33. The van der Waals surface area contributed by atoms with Gasteiger partial charge < -0.3 is 10.1 Å². The lowest BCUT2D eigenvalue weighted by Crippen LogP contribution is -1.99. The molecule has 0 aliphatic rings. The zero-order valence-electron chi connectivity index (χ0n) is 10.1. The monoisotopic (exact) mass is 248 g/mol. The molecule has 4 heteroatoms. The van der Waals surface area contributed by atoms with Crippen LogP contribution in [-0.4, -0.2) is 12.1 Å². The van der Waals surface area contributed by atoms with Crippen LogP contribution < -0.4 is 5.32 Å². The predicted octanol–water partition coefficient (Wildman–Crippen LogP) is 3.21. The molecule has 2 aromatic rings. The second kappa shape index (κ2) is 5.80. The van der Waals surface area contributed by atoms with E-state index in [4.69, 9.17) is 4.74 Å². The molecule has 0 aliphatic carbocycles. The van der Waals surface area contributed by atoms with Crippen LogP contribution in [0.3, 0.4) is 0 Å². The van der Waals surface area contributed by atoms with E-state index >= 15 is 0 Å². The maximum absolute atomic E-state index is 5.12. The number of thiazole rings is 1. The van der Waals surface area contributed by atoms with E-state index in [1.807, 2.05) is 18.5 Å². The number of benzene rings is 1. The van der Waals surface area contributed by atoms with E-state index in [1.54, 1.807) is 18.4 Å². The van der Waals surface area contributed by atoms with Crippen molar-refractivity contribution in [1.29, 1.82) is 0 Å². The van der Waals surface area contributed by atoms with Crippen LogP contribution in [0.5, 0.6) is 0 Å². The molecular formula is C13H16N2OS. The molecule has 1 N–H and O–H groups in total. The molecule has 0 saturated carbocycles. The van der Waals surface area contributed by atoms with Crippen molar-refractivity contribution >= 4 is 17.0 Å². The first-order valence-corrected chi connectivity index (χ1v) is 6.38. The maximum Gasteiger partial charge on any atom is 0.0798 e. The zero-order valence-corrected chi connectivity index (χ0v) is 10.9. The molecule has 1 aromatic heterocycles. The van der Waals surface area contributed by atoms with Crippen LogP contribution in [0.4, 0.5) is 5.69 Å². The number of rotatable bonds is 5. The lowest BCUT2D eigenvalue weighted by atomic mass is 10.2. The quantitative estimate of drug-likeness (QED) is 0.882. The summed E-state index contributed by atoms with van der Waals surface area (Å²) in [5.41, 5.74) is 5.29. The average Bonchev–Trinajstić information content (AvgIpc) is 2.73. The van der Waals surface area contributed by atoms with Crippen molar-refractivity contribution in [2.75, 3.05) is 12.4 Å². The Balaban J connectivity index is 1.99. The Bertz CT molecular complexity index is 482. The van der Waals surface area contributed by atoms with Crippen molar-refractivity contribution < 1.29 is 4.74 Å². The van der Waals surface area contributed by atoms with Gasteiger partial charge >= 0.3 is 0 Å². The van der Waals surface area contributed by atoms with Crippen LogP contribution in [-0.2, 0) is 17.9 Å². The number of nitrogens with one attached hydrogen (secondary N) is 1. The van der Waals surface area contributed by atoms with Crippen molar-refractivity contribution in [3.05, 3.63) is 45.9 Å². The highest BCUT2D eigenvalue weighted by Crippen LogP contribution is 2.16. The van der Waals surface area contributed by atoms with Gasteiger partial charge in [-0.3, -0.25) is 0 Å². The van der Waals surface area contributed by atoms with Crippen molar-refractivity contribution in [3.63, 3.8) is 0 Å². The second-order valence-electron chi connectivity index (χ2n) is 3.85. The molecule has 0 spiro atoms. The van der Waals surface area contributed by atoms with Crippen molar-refractivity contribution in [2.24, 2.45) is 0 Å². The summed E-state index contributed by atoms with van der Waals surface area (Å²) in [6.07, 6.45) is 0. The molecular weight excluding hydrogens is 232 g/mol. The Labute approximate surface area is 105 Å². The first kappa shape index (κ1) is 12.1. The van der Waals surface area contributed by atoms with Gasteiger partial charge in [0.05, 0.1) is 24.4 Å². The Morgan fingerprint density at radius 3 is 3.00 bits per heavy atom. The van der Waals surface area contributed by atoms with Gasteiger partial charge in [0.25, 0.3) is 0 Å². The molecule has 0 saturated heterocycles. The minimum absolute atomic E-state index is 0.648. The molecule has 0 atom stereocenters. The molecule has 0 bridgehead atoms. The van der Waals surface area contributed by atoms with E-state index in [0.717, 1.165) is 17.9 Å². The Morgan fingerprint density at radius 1 is 1.41 bits per heavy atom. The maximum atomic E-state index is 5.12. The minimum Gasteiger partial charge on any atom is -0.380 e. The molecule has 0 aliphatic heterocycles. The predicted molar refractivity (Wildman–Crippen MR) is 71.3 cm³/mol. The zero-order chi connectivity index (χ0) is 12.1. The fraction of sp³-hybridized carbons (Fsp3) is 0.308. The van der Waals surface area contributed by atoms with Gasteiger partial charge in [-0.1, -0.05) is 12.1 Å². The molecule has 1 heterocycles. The van der Waals surface area contributed by atoms with Crippen molar-refractivity contribution in [3.8, 4) is 0 Å². The number of aromatic nitrogens is 1. The minimum atomic E-state index is 0.648. The molecule has 1 aromatic carbocycles. The normalized spacial score (nSPS) is 10.5. The molecule has 0 fully saturated rings. The van der Waals surface area contributed by atoms with E-state index in [1.165, 1.54) is 10.4 Å². The van der Waals surface area contributed by atoms with E-state index in [-0.39, 0.29) is 0 Å². The highest BCUT2D eigenvalue weighted by molar-refractivity contribution is 7.09. The molecule has 0 unspecified atom stereocenters. The highest BCUT2D eigenvalue weighted by atomic mass is 32.1. The number of nitrogens with zero attached hydrogens (tertiary/aromatic N) is 1. The van der Waals surface area contributed by atoms with E-state index in [9.17, 15) is 0 Å². The van der Waals surface area contributed by atoms with Gasteiger partial charge in [-0.25, -0.2) is 4.98 Å². The standard InChI is InChI=1S/C13H16N2OS/c1-10-13(17-9-15-10)7-14-12-5-3-4-11(6-12)8-16-2/h3-6,9,14H,7-8H2,1-2H3. The van der Waals surface area contributed by atoms with E-state index in [2.05, 4.69) is 28.5 Å². The largest absolute Gasteiger partial charge is 0.380 e. The third-order valence-corrected chi connectivity index (χ3v) is 3.47. The fourth-order valence-electron chi connectivity index (χ4n) is 1.62. The SMILES string of the molecule is COCc1cccc(NCc2scnc2C)c1.